The molecule has 0 saturated heterocycles. The highest BCUT2D eigenvalue weighted by molar-refractivity contribution is 7.89. The molecule has 0 saturated carbocycles. The highest BCUT2D eigenvalue weighted by Gasteiger charge is 2.15. The number of nitrogens with one attached hydrogen (secondary N) is 2. The zero-order chi connectivity index (χ0) is 24.8. The van der Waals surface area contributed by atoms with Gasteiger partial charge in [0, 0.05) is 12.2 Å². The third-order valence-corrected chi connectivity index (χ3v) is 6.27. The van der Waals surface area contributed by atoms with Crippen LogP contribution in [0.1, 0.15) is 12.2 Å². The summed E-state index contributed by atoms with van der Waals surface area (Å²) in [6, 6.07) is 17.7. The van der Waals surface area contributed by atoms with E-state index in [9.17, 15) is 17.6 Å². The third-order valence-electron chi connectivity index (χ3n) is 4.81. The molecule has 35 heavy (non-hydrogen) atoms. The number of nitrogen functional groups attached to an aromatic ring is 1. The number of sulfonamides is 1. The van der Waals surface area contributed by atoms with E-state index in [4.69, 9.17) is 10.5 Å². The minimum absolute atomic E-state index is 0.0900. The lowest BCUT2D eigenvalue weighted by Gasteiger charge is -2.09. The van der Waals surface area contributed by atoms with E-state index < -0.39 is 21.8 Å². The molecule has 10 nitrogen and oxygen atoms in total. The van der Waals surface area contributed by atoms with Gasteiger partial charge in [-0.2, -0.15) is 15.0 Å². The first-order valence-corrected chi connectivity index (χ1v) is 11.9. The van der Waals surface area contributed by atoms with Gasteiger partial charge in [0.15, 0.2) is 12.4 Å². The second kappa shape index (κ2) is 10.4. The number of carbonyl (C=O) groups is 1. The topological polar surface area (TPSA) is 149 Å². The summed E-state index contributed by atoms with van der Waals surface area (Å²) < 4.78 is 45.7. The zero-order valence-electron chi connectivity index (χ0n) is 18.3. The van der Waals surface area contributed by atoms with Gasteiger partial charge in [0.1, 0.15) is 5.82 Å². The van der Waals surface area contributed by atoms with Crippen LogP contribution in [-0.4, -0.2) is 35.9 Å². The monoisotopic (exact) mass is 496 g/mol. The van der Waals surface area contributed by atoms with Gasteiger partial charge in [-0.15, -0.1) is 0 Å². The number of nitrogens with two attached hydrogens (primary N) is 1. The molecule has 0 atom stereocenters. The van der Waals surface area contributed by atoms with Crippen LogP contribution in [0.15, 0.2) is 71.6 Å². The maximum atomic E-state index is 13.1. The molecule has 12 heteroatoms. The Bertz CT molecular complexity index is 1460. The predicted octanol–water partition coefficient (Wildman–Crippen LogP) is 2.90. The molecule has 0 radical (unpaired) electrons. The predicted molar refractivity (Wildman–Crippen MR) is 127 cm³/mol. The molecule has 0 bridgehead atoms. The van der Waals surface area contributed by atoms with E-state index in [-0.39, 0.29) is 42.2 Å². The van der Waals surface area contributed by atoms with Crippen LogP contribution in [0.2, 0.25) is 0 Å². The van der Waals surface area contributed by atoms with Crippen molar-refractivity contribution in [1.29, 1.82) is 0 Å². The van der Waals surface area contributed by atoms with Crippen LogP contribution in [0.25, 0.3) is 10.8 Å². The first kappa shape index (κ1) is 24.0. The smallest absolute Gasteiger partial charge is 0.307 e. The molecule has 4 rings (SSSR count). The Balaban J connectivity index is 1.29. The number of anilines is 3. The summed E-state index contributed by atoms with van der Waals surface area (Å²) in [6.07, 6.45) is -0.200. The SMILES string of the molecule is Nc1nc(COC(=O)CCNS(=O)(=O)c2ccc3ccccc3c2)nc(Nc2ccc(F)cc2)n1. The van der Waals surface area contributed by atoms with Crippen LogP contribution >= 0.6 is 0 Å². The van der Waals surface area contributed by atoms with E-state index >= 15 is 0 Å². The first-order valence-electron chi connectivity index (χ1n) is 10.5. The Morgan fingerprint density at radius 3 is 2.49 bits per heavy atom. The lowest BCUT2D eigenvalue weighted by molar-refractivity contribution is -0.145. The number of hydrogen-bond acceptors (Lipinski definition) is 9. The minimum atomic E-state index is -3.80. The fourth-order valence-corrected chi connectivity index (χ4v) is 4.21. The van der Waals surface area contributed by atoms with Crippen LogP contribution in [0.5, 0.6) is 0 Å². The number of hydrogen-bond donors (Lipinski definition) is 3. The van der Waals surface area contributed by atoms with E-state index in [1.54, 1.807) is 12.1 Å². The Labute approximate surface area is 200 Å². The zero-order valence-corrected chi connectivity index (χ0v) is 19.1. The van der Waals surface area contributed by atoms with Crippen LogP contribution < -0.4 is 15.8 Å². The number of nitrogens with zero attached hydrogens (tertiary/aromatic N) is 3. The minimum Gasteiger partial charge on any atom is -0.457 e. The third kappa shape index (κ3) is 6.46. The van der Waals surface area contributed by atoms with E-state index in [1.807, 2.05) is 24.3 Å². The lowest BCUT2D eigenvalue weighted by atomic mass is 10.1. The molecule has 0 unspecified atom stereocenters. The summed E-state index contributed by atoms with van der Waals surface area (Å²) in [5, 5.41) is 4.56. The number of halogens is 1. The molecule has 0 aliphatic rings. The van der Waals surface area contributed by atoms with Gasteiger partial charge in [-0.1, -0.05) is 30.3 Å². The number of fused-ring (bicyclic) bond motifs is 1. The molecule has 3 aromatic carbocycles. The molecule has 4 N–H and O–H groups in total. The fourth-order valence-electron chi connectivity index (χ4n) is 3.14. The highest BCUT2D eigenvalue weighted by Crippen LogP contribution is 2.19. The summed E-state index contributed by atoms with van der Waals surface area (Å²) >= 11 is 0. The lowest BCUT2D eigenvalue weighted by Crippen LogP contribution is -2.26. The summed E-state index contributed by atoms with van der Waals surface area (Å²) in [5.74, 6) is -0.958. The average Bonchev–Trinajstić information content (AvgIpc) is 2.83. The van der Waals surface area contributed by atoms with Crippen molar-refractivity contribution in [2.24, 2.45) is 0 Å². The number of benzene rings is 3. The maximum Gasteiger partial charge on any atom is 0.307 e. The molecule has 1 aromatic heterocycles. The van der Waals surface area contributed by atoms with Gasteiger partial charge in [0.05, 0.1) is 11.3 Å². The summed E-state index contributed by atoms with van der Waals surface area (Å²) in [7, 11) is -3.80. The van der Waals surface area contributed by atoms with Crippen molar-refractivity contribution in [3.05, 3.63) is 78.4 Å². The molecule has 0 fully saturated rings. The standard InChI is InChI=1S/C23H21FN6O4S/c24-17-6-8-18(9-7-17)27-23-29-20(28-22(25)30-23)14-34-21(31)11-12-26-35(32,33)19-10-5-15-3-1-2-4-16(15)13-19/h1-10,13,26H,11-12,14H2,(H3,25,27,28,29,30). The van der Waals surface area contributed by atoms with Gasteiger partial charge in [-0.3, -0.25) is 4.79 Å². The van der Waals surface area contributed by atoms with E-state index in [0.29, 0.717) is 5.69 Å². The van der Waals surface area contributed by atoms with Gasteiger partial charge in [-0.05, 0) is 47.2 Å². The number of carbonyl (C=O) groups excluding carboxylic acids is 1. The van der Waals surface area contributed by atoms with Crippen molar-refractivity contribution in [3.63, 3.8) is 0 Å². The van der Waals surface area contributed by atoms with E-state index in [1.165, 1.54) is 30.3 Å². The summed E-state index contributed by atoms with van der Waals surface area (Å²) in [6.45, 7) is -0.439. The average molecular weight is 497 g/mol. The fraction of sp³-hybridized carbons (Fsp3) is 0.130. The second-order valence-electron chi connectivity index (χ2n) is 7.38. The molecular formula is C23H21FN6O4S. The van der Waals surface area contributed by atoms with Crippen LogP contribution in [-0.2, 0) is 26.2 Å². The molecule has 0 aliphatic carbocycles. The number of ether oxygens (including phenoxy) is 1. The van der Waals surface area contributed by atoms with Gasteiger partial charge in [0.2, 0.25) is 21.9 Å². The molecule has 0 aliphatic heterocycles. The van der Waals surface area contributed by atoms with Crippen molar-refractivity contribution in [2.75, 3.05) is 17.6 Å². The molecular weight excluding hydrogens is 475 g/mol. The van der Waals surface area contributed by atoms with Gasteiger partial charge < -0.3 is 15.8 Å². The molecule has 0 spiro atoms. The molecule has 4 aromatic rings. The Hall–Kier alpha value is -4.16. The first-order chi connectivity index (χ1) is 16.8. The van der Waals surface area contributed by atoms with E-state index in [2.05, 4.69) is 25.0 Å². The Morgan fingerprint density at radius 2 is 1.71 bits per heavy atom. The summed E-state index contributed by atoms with van der Waals surface area (Å²) in [4.78, 5) is 24.2. The van der Waals surface area contributed by atoms with Crippen molar-refractivity contribution >= 4 is 44.3 Å². The quantitative estimate of drug-likeness (QED) is 0.297. The number of aromatic nitrogens is 3. The molecule has 0 amide bonds. The Kier molecular flexibility index (Phi) is 7.13. The van der Waals surface area contributed by atoms with Gasteiger partial charge in [-0.25, -0.2) is 17.5 Å². The normalized spacial score (nSPS) is 11.3. The number of esters is 1. The summed E-state index contributed by atoms with van der Waals surface area (Å²) in [5.41, 5.74) is 6.21. The molecule has 1 heterocycles. The molecule has 180 valence electrons. The van der Waals surface area contributed by atoms with Gasteiger partial charge >= 0.3 is 5.97 Å². The van der Waals surface area contributed by atoms with Crippen molar-refractivity contribution in [3.8, 4) is 0 Å². The van der Waals surface area contributed by atoms with Gasteiger partial charge in [0.25, 0.3) is 0 Å². The number of rotatable bonds is 9. The largest absolute Gasteiger partial charge is 0.457 e. The van der Waals surface area contributed by atoms with Crippen LogP contribution in [0.3, 0.4) is 0 Å². The van der Waals surface area contributed by atoms with Crippen molar-refractivity contribution in [1.82, 2.24) is 19.7 Å². The highest BCUT2D eigenvalue weighted by atomic mass is 32.2. The van der Waals surface area contributed by atoms with Crippen molar-refractivity contribution < 1.29 is 22.3 Å². The van der Waals surface area contributed by atoms with E-state index in [0.717, 1.165) is 10.8 Å². The van der Waals surface area contributed by atoms with Crippen molar-refractivity contribution in [2.45, 2.75) is 17.9 Å². The van der Waals surface area contributed by atoms with Crippen LogP contribution in [0.4, 0.5) is 22.0 Å². The Morgan fingerprint density at radius 1 is 0.971 bits per heavy atom. The van der Waals surface area contributed by atoms with Crippen LogP contribution in [0, 0.1) is 5.82 Å². The second-order valence-corrected chi connectivity index (χ2v) is 9.15. The maximum absolute atomic E-state index is 13.1.